The van der Waals surface area contributed by atoms with Crippen LogP contribution in [0.3, 0.4) is 0 Å². The van der Waals surface area contributed by atoms with Crippen molar-refractivity contribution >= 4 is 0 Å². The molecule has 0 aromatic carbocycles. The molecule has 1 heterocycles. The van der Waals surface area contributed by atoms with E-state index < -0.39 is 0 Å². The van der Waals surface area contributed by atoms with Crippen molar-refractivity contribution in [2.75, 3.05) is 7.11 Å². The molecule has 1 aromatic rings. The third-order valence-electron chi connectivity index (χ3n) is 2.52. The normalized spacial score (nSPS) is 14.2. The maximum atomic E-state index is 5.69. The van der Waals surface area contributed by atoms with Gasteiger partial charge in [-0.1, -0.05) is 5.21 Å². The summed E-state index contributed by atoms with van der Waals surface area (Å²) in [5.41, 5.74) is 6.39. The van der Waals surface area contributed by atoms with Crippen LogP contribution in [0.15, 0.2) is 6.20 Å². The van der Waals surface area contributed by atoms with Crippen molar-refractivity contribution in [1.82, 2.24) is 15.0 Å². The molecular formula is C10H20N4O. The fraction of sp³-hybridized carbons (Fsp3) is 0.800. The lowest BCUT2D eigenvalue weighted by atomic mass is 10.1. The van der Waals surface area contributed by atoms with Gasteiger partial charge in [0.15, 0.2) is 0 Å². The van der Waals surface area contributed by atoms with Gasteiger partial charge < -0.3 is 10.5 Å². The number of hydrogen-bond acceptors (Lipinski definition) is 4. The average molecular weight is 212 g/mol. The second kappa shape index (κ2) is 4.72. The van der Waals surface area contributed by atoms with Crippen LogP contribution in [0.5, 0.6) is 0 Å². The molecule has 86 valence electrons. The van der Waals surface area contributed by atoms with Gasteiger partial charge in [0.2, 0.25) is 0 Å². The van der Waals surface area contributed by atoms with Gasteiger partial charge in [0.1, 0.15) is 0 Å². The predicted octanol–water partition coefficient (Wildman–Crippen LogP) is 1.11. The van der Waals surface area contributed by atoms with E-state index >= 15 is 0 Å². The molecule has 1 atom stereocenters. The van der Waals surface area contributed by atoms with Crippen molar-refractivity contribution in [2.24, 2.45) is 5.73 Å². The first-order chi connectivity index (χ1) is 6.94. The molecule has 0 saturated carbocycles. The van der Waals surface area contributed by atoms with Crippen molar-refractivity contribution in [1.29, 1.82) is 0 Å². The van der Waals surface area contributed by atoms with Gasteiger partial charge in [-0.3, -0.25) is 4.68 Å². The minimum absolute atomic E-state index is 0.0609. The van der Waals surface area contributed by atoms with Crippen LogP contribution in [0.4, 0.5) is 0 Å². The Bertz CT molecular complexity index is 306. The predicted molar refractivity (Wildman–Crippen MR) is 58.3 cm³/mol. The molecular weight excluding hydrogens is 192 g/mol. The number of rotatable bonds is 5. The molecule has 0 bridgehead atoms. The topological polar surface area (TPSA) is 66.0 Å². The van der Waals surface area contributed by atoms with Crippen LogP contribution in [0.1, 0.15) is 38.9 Å². The van der Waals surface area contributed by atoms with Crippen LogP contribution in [0, 0.1) is 0 Å². The Morgan fingerprint density at radius 2 is 2.27 bits per heavy atom. The zero-order valence-corrected chi connectivity index (χ0v) is 9.90. The van der Waals surface area contributed by atoms with Crippen LogP contribution >= 0.6 is 0 Å². The molecule has 5 heteroatoms. The van der Waals surface area contributed by atoms with Crippen molar-refractivity contribution in [3.8, 4) is 0 Å². The third kappa shape index (κ3) is 3.60. The van der Waals surface area contributed by atoms with E-state index in [1.54, 1.807) is 11.8 Å². The Morgan fingerprint density at radius 3 is 2.73 bits per heavy atom. The molecule has 0 aliphatic rings. The number of nitrogens with zero attached hydrogens (tertiary/aromatic N) is 3. The summed E-state index contributed by atoms with van der Waals surface area (Å²) in [5, 5.41) is 8.00. The third-order valence-corrected chi connectivity index (χ3v) is 2.52. The monoisotopic (exact) mass is 212 g/mol. The minimum atomic E-state index is -0.125. The molecule has 0 aliphatic carbocycles. The first-order valence-corrected chi connectivity index (χ1v) is 5.15. The van der Waals surface area contributed by atoms with Gasteiger partial charge in [-0.25, -0.2) is 0 Å². The molecule has 0 amide bonds. The van der Waals surface area contributed by atoms with Crippen LogP contribution in [0.25, 0.3) is 0 Å². The highest BCUT2D eigenvalue weighted by atomic mass is 16.5. The molecule has 1 aromatic heterocycles. The Morgan fingerprint density at radius 1 is 1.60 bits per heavy atom. The molecule has 0 saturated heterocycles. The molecule has 0 aliphatic heterocycles. The summed E-state index contributed by atoms with van der Waals surface area (Å²) in [7, 11) is 1.72. The Hall–Kier alpha value is -0.940. The summed E-state index contributed by atoms with van der Waals surface area (Å²) in [6, 6.07) is -0.0609. The maximum Gasteiger partial charge on any atom is 0.0991 e. The zero-order valence-electron chi connectivity index (χ0n) is 9.90. The van der Waals surface area contributed by atoms with Crippen LogP contribution in [0.2, 0.25) is 0 Å². The van der Waals surface area contributed by atoms with E-state index in [1.165, 1.54) is 0 Å². The summed E-state index contributed by atoms with van der Waals surface area (Å²) >= 11 is 0. The maximum absolute atomic E-state index is 5.69. The van der Waals surface area contributed by atoms with Crippen LogP contribution < -0.4 is 5.73 Å². The summed E-state index contributed by atoms with van der Waals surface area (Å²) in [6.45, 7) is 6.79. The second-order valence-electron chi connectivity index (χ2n) is 4.41. The first-order valence-electron chi connectivity index (χ1n) is 5.15. The zero-order chi connectivity index (χ0) is 11.5. The lowest BCUT2D eigenvalue weighted by molar-refractivity contribution is 0.0112. The number of aromatic nitrogens is 3. The number of hydrogen-bond donors (Lipinski definition) is 1. The van der Waals surface area contributed by atoms with Crippen LogP contribution in [-0.4, -0.2) is 27.7 Å². The fourth-order valence-electron chi connectivity index (χ4n) is 1.12. The SMILES string of the molecule is COC(C)(C)CCn1cc(C(C)N)nn1. The number of aryl methyl sites for hydroxylation is 1. The molecule has 15 heavy (non-hydrogen) atoms. The van der Waals surface area contributed by atoms with E-state index in [0.29, 0.717) is 0 Å². The molecule has 0 spiro atoms. The summed E-state index contributed by atoms with van der Waals surface area (Å²) < 4.78 is 7.13. The van der Waals surface area contributed by atoms with Gasteiger partial charge in [-0.05, 0) is 27.2 Å². The largest absolute Gasteiger partial charge is 0.379 e. The van der Waals surface area contributed by atoms with Crippen molar-refractivity contribution < 1.29 is 4.74 Å². The lowest BCUT2D eigenvalue weighted by Crippen LogP contribution is -2.24. The molecule has 0 fully saturated rings. The molecule has 1 unspecified atom stereocenters. The fourth-order valence-corrected chi connectivity index (χ4v) is 1.12. The van der Waals surface area contributed by atoms with Crippen LogP contribution in [-0.2, 0) is 11.3 Å². The quantitative estimate of drug-likeness (QED) is 0.794. The van der Waals surface area contributed by atoms with Gasteiger partial charge in [0.25, 0.3) is 0 Å². The highest BCUT2D eigenvalue weighted by molar-refractivity contribution is 4.97. The molecule has 5 nitrogen and oxygen atoms in total. The summed E-state index contributed by atoms with van der Waals surface area (Å²) in [5.74, 6) is 0. The Kier molecular flexibility index (Phi) is 3.82. The van der Waals surface area contributed by atoms with E-state index in [4.69, 9.17) is 10.5 Å². The van der Waals surface area contributed by atoms with E-state index in [0.717, 1.165) is 18.7 Å². The van der Waals surface area contributed by atoms with Gasteiger partial charge in [0, 0.05) is 19.7 Å². The minimum Gasteiger partial charge on any atom is -0.379 e. The van der Waals surface area contributed by atoms with E-state index in [2.05, 4.69) is 24.2 Å². The number of methoxy groups -OCH3 is 1. The summed E-state index contributed by atoms with van der Waals surface area (Å²) in [6.07, 6.45) is 2.78. The van der Waals surface area contributed by atoms with Crippen molar-refractivity contribution in [3.05, 3.63) is 11.9 Å². The summed E-state index contributed by atoms with van der Waals surface area (Å²) in [4.78, 5) is 0. The van der Waals surface area contributed by atoms with E-state index in [9.17, 15) is 0 Å². The first kappa shape index (κ1) is 12.1. The molecule has 1 rings (SSSR count). The molecule has 2 N–H and O–H groups in total. The van der Waals surface area contributed by atoms with Crippen molar-refractivity contribution in [2.45, 2.75) is 45.4 Å². The van der Waals surface area contributed by atoms with Gasteiger partial charge >= 0.3 is 0 Å². The standard InChI is InChI=1S/C10H20N4O/c1-8(11)9-7-14(13-12-9)6-5-10(2,3)15-4/h7-8H,5-6,11H2,1-4H3. The highest BCUT2D eigenvalue weighted by Gasteiger charge is 2.16. The Labute approximate surface area is 90.6 Å². The second-order valence-corrected chi connectivity index (χ2v) is 4.41. The number of nitrogens with two attached hydrogens (primary N) is 1. The molecule has 0 radical (unpaired) electrons. The van der Waals surface area contributed by atoms with E-state index in [-0.39, 0.29) is 11.6 Å². The Balaban J connectivity index is 2.51. The van der Waals surface area contributed by atoms with Gasteiger partial charge in [-0.2, -0.15) is 0 Å². The van der Waals surface area contributed by atoms with Crippen molar-refractivity contribution in [3.63, 3.8) is 0 Å². The highest BCUT2D eigenvalue weighted by Crippen LogP contribution is 2.14. The smallest absolute Gasteiger partial charge is 0.0991 e. The van der Waals surface area contributed by atoms with Gasteiger partial charge in [0.05, 0.1) is 17.5 Å². The van der Waals surface area contributed by atoms with E-state index in [1.807, 2.05) is 13.1 Å². The lowest BCUT2D eigenvalue weighted by Gasteiger charge is -2.22. The number of ether oxygens (including phenoxy) is 1. The average Bonchev–Trinajstić information content (AvgIpc) is 2.63. The van der Waals surface area contributed by atoms with Gasteiger partial charge in [-0.15, -0.1) is 5.10 Å².